The lowest BCUT2D eigenvalue weighted by Gasteiger charge is -2.12. The van der Waals surface area contributed by atoms with Crippen molar-refractivity contribution < 1.29 is 13.2 Å². The van der Waals surface area contributed by atoms with Crippen molar-refractivity contribution in [2.75, 3.05) is 5.32 Å². The number of aromatic nitrogens is 2. The van der Waals surface area contributed by atoms with Gasteiger partial charge in [0.05, 0.1) is 4.90 Å². The van der Waals surface area contributed by atoms with Crippen molar-refractivity contribution in [1.82, 2.24) is 14.9 Å². The first-order valence-electron chi connectivity index (χ1n) is 7.78. The van der Waals surface area contributed by atoms with Crippen molar-refractivity contribution in [3.63, 3.8) is 0 Å². The van der Waals surface area contributed by atoms with Crippen LogP contribution in [0.15, 0.2) is 39.7 Å². The quantitative estimate of drug-likeness (QED) is 0.794. The molecule has 1 aromatic carbocycles. The van der Waals surface area contributed by atoms with E-state index in [1.807, 2.05) is 6.92 Å². The van der Waals surface area contributed by atoms with Crippen LogP contribution in [0.1, 0.15) is 31.7 Å². The Morgan fingerprint density at radius 1 is 1.40 bits per heavy atom. The Morgan fingerprint density at radius 3 is 2.92 bits per heavy atom. The van der Waals surface area contributed by atoms with Crippen LogP contribution in [0.3, 0.4) is 0 Å². The van der Waals surface area contributed by atoms with Gasteiger partial charge in [-0.3, -0.25) is 19.8 Å². The number of rotatable bonds is 6. The van der Waals surface area contributed by atoms with Gasteiger partial charge in [0.2, 0.25) is 5.13 Å². The average molecular weight is 379 g/mol. The van der Waals surface area contributed by atoms with Crippen LogP contribution in [0.2, 0.25) is 0 Å². The van der Waals surface area contributed by atoms with E-state index in [4.69, 9.17) is 0 Å². The number of nitrogens with zero attached hydrogens (tertiary/aromatic N) is 3. The number of aliphatic imine (C=N–C) groups is 1. The minimum absolute atomic E-state index is 0.174. The summed E-state index contributed by atoms with van der Waals surface area (Å²) < 4.78 is 26.8. The first kappa shape index (κ1) is 17.5. The van der Waals surface area contributed by atoms with Crippen molar-refractivity contribution in [3.8, 4) is 0 Å². The van der Waals surface area contributed by atoms with Crippen LogP contribution in [-0.2, 0) is 14.8 Å². The lowest BCUT2D eigenvalue weighted by molar-refractivity contribution is -0.117. The maximum Gasteiger partial charge on any atom is 0.263 e. The molecular formula is C15H17N5O3S2. The number of carbonyl (C=O) groups is 1. The highest BCUT2D eigenvalue weighted by Gasteiger charge is 2.31. The molecule has 1 unspecified atom stereocenters. The maximum atomic E-state index is 12.5. The van der Waals surface area contributed by atoms with E-state index in [0.717, 1.165) is 12.8 Å². The number of fused-ring (bicyclic) bond motifs is 1. The highest BCUT2D eigenvalue weighted by Crippen LogP contribution is 2.23. The van der Waals surface area contributed by atoms with Gasteiger partial charge in [-0.15, -0.1) is 10.2 Å². The summed E-state index contributed by atoms with van der Waals surface area (Å²) >= 11 is 1.21. The first-order chi connectivity index (χ1) is 12.0. The molecule has 3 rings (SSSR count). The third-order valence-corrected chi connectivity index (χ3v) is 5.68. The van der Waals surface area contributed by atoms with Crippen LogP contribution in [0.5, 0.6) is 0 Å². The van der Waals surface area contributed by atoms with E-state index in [1.54, 1.807) is 18.2 Å². The van der Waals surface area contributed by atoms with Gasteiger partial charge in [-0.25, -0.2) is 8.42 Å². The standard InChI is InChI=1S/C15H17N5O3S2/c1-2-3-7-11(14(21)18-15-19-16-9-24-15)17-13-10-6-4-5-8-12(10)25(22,23)20-13/h4-6,8-9,11H,2-3,7H2,1H3,(H,17,20)(H,18,19,21). The fraction of sp³-hybridized carbons (Fsp3) is 0.333. The number of anilines is 1. The summed E-state index contributed by atoms with van der Waals surface area (Å²) in [6, 6.07) is 5.86. The third-order valence-electron chi connectivity index (χ3n) is 3.67. The van der Waals surface area contributed by atoms with Gasteiger partial charge < -0.3 is 0 Å². The molecule has 1 amide bonds. The number of nitrogens with one attached hydrogen (secondary N) is 2. The van der Waals surface area contributed by atoms with Gasteiger partial charge in [-0.2, -0.15) is 0 Å². The molecule has 132 valence electrons. The zero-order chi connectivity index (χ0) is 17.9. The average Bonchev–Trinajstić information content (AvgIpc) is 3.18. The molecule has 1 aliphatic heterocycles. The molecule has 1 aromatic heterocycles. The number of hydrogen-bond donors (Lipinski definition) is 2. The number of unbranched alkanes of at least 4 members (excludes halogenated alkanes) is 1. The van der Waals surface area contributed by atoms with E-state index in [-0.39, 0.29) is 16.6 Å². The number of carbonyl (C=O) groups excluding carboxylic acids is 1. The lowest BCUT2D eigenvalue weighted by Crippen LogP contribution is -2.30. The van der Waals surface area contributed by atoms with Gasteiger partial charge in [0.1, 0.15) is 17.4 Å². The van der Waals surface area contributed by atoms with Crippen molar-refractivity contribution >= 4 is 38.2 Å². The van der Waals surface area contributed by atoms with E-state index < -0.39 is 16.1 Å². The van der Waals surface area contributed by atoms with Crippen LogP contribution in [-0.4, -0.2) is 36.4 Å². The third kappa shape index (κ3) is 3.85. The van der Waals surface area contributed by atoms with Gasteiger partial charge in [0, 0.05) is 5.56 Å². The zero-order valence-electron chi connectivity index (χ0n) is 13.5. The Bertz CT molecular complexity index is 894. The fourth-order valence-corrected chi connectivity index (χ4v) is 4.14. The summed E-state index contributed by atoms with van der Waals surface area (Å²) in [5, 5.41) is 10.5. The van der Waals surface area contributed by atoms with E-state index in [1.165, 1.54) is 22.9 Å². The van der Waals surface area contributed by atoms with Crippen LogP contribution in [0.4, 0.5) is 5.13 Å². The summed E-state index contributed by atoms with van der Waals surface area (Å²) in [6.07, 6.45) is 2.20. The Hall–Kier alpha value is -2.33. The molecule has 0 aliphatic carbocycles. The van der Waals surface area contributed by atoms with Crippen LogP contribution < -0.4 is 10.0 Å². The smallest absolute Gasteiger partial charge is 0.263 e. The largest absolute Gasteiger partial charge is 0.299 e. The molecule has 2 aromatic rings. The monoisotopic (exact) mass is 379 g/mol. The van der Waals surface area contributed by atoms with Crippen LogP contribution in [0, 0.1) is 0 Å². The van der Waals surface area contributed by atoms with Crippen molar-refractivity contribution in [1.29, 1.82) is 0 Å². The molecule has 1 aliphatic rings. The molecule has 0 spiro atoms. The number of amidine groups is 1. The van der Waals surface area contributed by atoms with Crippen LogP contribution >= 0.6 is 11.3 Å². The minimum Gasteiger partial charge on any atom is -0.299 e. The molecule has 8 nitrogen and oxygen atoms in total. The highest BCUT2D eigenvalue weighted by atomic mass is 32.2. The van der Waals surface area contributed by atoms with E-state index in [9.17, 15) is 13.2 Å². The molecular weight excluding hydrogens is 362 g/mol. The molecule has 2 heterocycles. The number of hydrogen-bond acceptors (Lipinski definition) is 7. The topological polar surface area (TPSA) is 113 Å². The van der Waals surface area contributed by atoms with Crippen molar-refractivity contribution in [3.05, 3.63) is 35.3 Å². The summed E-state index contributed by atoms with van der Waals surface area (Å²) in [6.45, 7) is 2.01. The second kappa shape index (κ2) is 7.28. The minimum atomic E-state index is -3.63. The number of amides is 1. The summed E-state index contributed by atoms with van der Waals surface area (Å²) in [7, 11) is -3.63. The van der Waals surface area contributed by atoms with Gasteiger partial charge >= 0.3 is 0 Å². The Morgan fingerprint density at radius 2 is 2.20 bits per heavy atom. The molecule has 1 atom stereocenters. The second-order valence-electron chi connectivity index (χ2n) is 5.47. The van der Waals surface area contributed by atoms with Crippen molar-refractivity contribution in [2.24, 2.45) is 4.99 Å². The molecule has 25 heavy (non-hydrogen) atoms. The van der Waals surface area contributed by atoms with E-state index in [2.05, 4.69) is 25.2 Å². The molecule has 0 bridgehead atoms. The number of sulfonamides is 1. The number of benzene rings is 1. The molecule has 2 N–H and O–H groups in total. The molecule has 10 heteroatoms. The predicted octanol–water partition coefficient (Wildman–Crippen LogP) is 1.77. The van der Waals surface area contributed by atoms with E-state index in [0.29, 0.717) is 17.1 Å². The molecule has 0 radical (unpaired) electrons. The Labute approximate surface area is 149 Å². The van der Waals surface area contributed by atoms with Gasteiger partial charge in [0.15, 0.2) is 0 Å². The van der Waals surface area contributed by atoms with Crippen LogP contribution in [0.25, 0.3) is 0 Å². The molecule has 0 saturated heterocycles. The zero-order valence-corrected chi connectivity index (χ0v) is 15.1. The summed E-state index contributed by atoms with van der Waals surface area (Å²) in [5.41, 5.74) is 2.00. The predicted molar refractivity (Wildman–Crippen MR) is 95.2 cm³/mol. The first-order valence-corrected chi connectivity index (χ1v) is 10.1. The van der Waals surface area contributed by atoms with E-state index >= 15 is 0 Å². The SMILES string of the molecule is CCCCC(N=C1NS(=O)(=O)c2ccccc21)C(=O)Nc1nncs1. The Balaban J connectivity index is 1.89. The Kier molecular flexibility index (Phi) is 5.09. The fourth-order valence-electron chi connectivity index (χ4n) is 2.45. The van der Waals surface area contributed by atoms with Gasteiger partial charge in [-0.05, 0) is 18.6 Å². The highest BCUT2D eigenvalue weighted by molar-refractivity contribution is 7.90. The normalized spacial score (nSPS) is 17.7. The van der Waals surface area contributed by atoms with Crippen molar-refractivity contribution in [2.45, 2.75) is 37.1 Å². The summed E-state index contributed by atoms with van der Waals surface area (Å²) in [5.74, 6) is -0.134. The lowest BCUT2D eigenvalue weighted by atomic mass is 10.1. The molecule has 0 fully saturated rings. The maximum absolute atomic E-state index is 12.5. The van der Waals surface area contributed by atoms with Gasteiger partial charge in [0.25, 0.3) is 15.9 Å². The molecule has 0 saturated carbocycles. The second-order valence-corrected chi connectivity index (χ2v) is 7.95. The van der Waals surface area contributed by atoms with Gasteiger partial charge in [-0.1, -0.05) is 43.2 Å². The summed E-state index contributed by atoms with van der Waals surface area (Å²) in [4.78, 5) is 17.1.